The number of hydrogen-bond acceptors (Lipinski definition) is 4. The Hall–Kier alpha value is -2.92. The molecule has 0 saturated carbocycles. The standard InChI is InChI=1S/C21H16BrN3O/c22-16-9-6-15(7-10-16)19(25-18-5-1-2-12-23-18)17-11-8-14-4-3-13-24-20(14)21(17)26/h1-13,19,26H,(H,23,25)/t19-/m0/s1. The Morgan fingerprint density at radius 2 is 1.65 bits per heavy atom. The molecule has 0 radical (unpaired) electrons. The van der Waals surface area contributed by atoms with Gasteiger partial charge >= 0.3 is 0 Å². The SMILES string of the molecule is Oc1c([C@@H](Nc2ccccn2)c2ccc(Br)cc2)ccc2cccnc12. The molecule has 0 bridgehead atoms. The van der Waals surface area contributed by atoms with E-state index < -0.39 is 0 Å². The van der Waals surface area contributed by atoms with Gasteiger partial charge in [0, 0.05) is 27.8 Å². The number of halogens is 1. The van der Waals surface area contributed by atoms with Crippen LogP contribution in [0.2, 0.25) is 0 Å². The number of hydrogen-bond donors (Lipinski definition) is 2. The molecule has 4 nitrogen and oxygen atoms in total. The zero-order valence-electron chi connectivity index (χ0n) is 13.8. The summed E-state index contributed by atoms with van der Waals surface area (Å²) in [5, 5.41) is 15.2. The van der Waals surface area contributed by atoms with Gasteiger partial charge in [0.15, 0.2) is 0 Å². The monoisotopic (exact) mass is 405 g/mol. The molecule has 0 amide bonds. The van der Waals surface area contributed by atoms with Crippen LogP contribution in [0.4, 0.5) is 5.82 Å². The molecule has 2 N–H and O–H groups in total. The number of phenolic OH excluding ortho intramolecular Hbond substituents is 1. The molecule has 0 fully saturated rings. The van der Waals surface area contributed by atoms with Gasteiger partial charge in [0.05, 0.1) is 6.04 Å². The number of aromatic nitrogens is 2. The summed E-state index contributed by atoms with van der Waals surface area (Å²) in [4.78, 5) is 8.70. The average molecular weight is 406 g/mol. The van der Waals surface area contributed by atoms with Crippen LogP contribution in [-0.4, -0.2) is 15.1 Å². The van der Waals surface area contributed by atoms with Gasteiger partial charge in [0.1, 0.15) is 17.1 Å². The van der Waals surface area contributed by atoms with Crippen LogP contribution >= 0.6 is 15.9 Å². The van der Waals surface area contributed by atoms with Gasteiger partial charge in [0.2, 0.25) is 0 Å². The number of rotatable bonds is 4. The third-order valence-electron chi connectivity index (χ3n) is 4.25. The summed E-state index contributed by atoms with van der Waals surface area (Å²) >= 11 is 3.47. The lowest BCUT2D eigenvalue weighted by Crippen LogP contribution is -2.13. The molecule has 0 unspecified atom stereocenters. The van der Waals surface area contributed by atoms with E-state index in [4.69, 9.17) is 0 Å². The molecule has 0 aliphatic heterocycles. The van der Waals surface area contributed by atoms with Crippen molar-refractivity contribution >= 4 is 32.7 Å². The first-order valence-electron chi connectivity index (χ1n) is 8.22. The Bertz CT molecular complexity index is 1040. The largest absolute Gasteiger partial charge is 0.505 e. The van der Waals surface area contributed by atoms with Crippen LogP contribution in [0.3, 0.4) is 0 Å². The predicted molar refractivity (Wildman–Crippen MR) is 107 cm³/mol. The van der Waals surface area contributed by atoms with E-state index in [-0.39, 0.29) is 11.8 Å². The molecule has 4 rings (SSSR count). The lowest BCUT2D eigenvalue weighted by Gasteiger charge is -2.22. The molecular weight excluding hydrogens is 390 g/mol. The van der Waals surface area contributed by atoms with E-state index in [0.717, 1.165) is 26.8 Å². The van der Waals surface area contributed by atoms with Gasteiger partial charge < -0.3 is 10.4 Å². The molecule has 0 spiro atoms. The first kappa shape index (κ1) is 16.5. The van der Waals surface area contributed by atoms with Crippen LogP contribution in [0.25, 0.3) is 10.9 Å². The van der Waals surface area contributed by atoms with Gasteiger partial charge in [-0.15, -0.1) is 0 Å². The fraction of sp³-hybridized carbons (Fsp3) is 0.0476. The molecule has 128 valence electrons. The molecule has 2 heterocycles. The number of benzene rings is 2. The number of aromatic hydroxyl groups is 1. The van der Waals surface area contributed by atoms with Crippen molar-refractivity contribution in [2.45, 2.75) is 6.04 Å². The van der Waals surface area contributed by atoms with Crippen molar-refractivity contribution in [2.24, 2.45) is 0 Å². The minimum Gasteiger partial charge on any atom is -0.505 e. The lowest BCUT2D eigenvalue weighted by atomic mass is 9.96. The fourth-order valence-corrected chi connectivity index (χ4v) is 3.23. The zero-order chi connectivity index (χ0) is 17.9. The summed E-state index contributed by atoms with van der Waals surface area (Å²) in [6.45, 7) is 0. The molecule has 0 aliphatic rings. The Labute approximate surface area is 159 Å². The highest BCUT2D eigenvalue weighted by atomic mass is 79.9. The molecule has 2 aromatic heterocycles. The van der Waals surface area contributed by atoms with E-state index in [1.165, 1.54) is 0 Å². The second kappa shape index (κ2) is 7.14. The maximum absolute atomic E-state index is 10.9. The van der Waals surface area contributed by atoms with Crippen molar-refractivity contribution in [1.82, 2.24) is 9.97 Å². The van der Waals surface area contributed by atoms with Crippen molar-refractivity contribution in [3.8, 4) is 5.75 Å². The quantitative estimate of drug-likeness (QED) is 0.483. The van der Waals surface area contributed by atoms with E-state index in [9.17, 15) is 5.11 Å². The topological polar surface area (TPSA) is 58.0 Å². The van der Waals surface area contributed by atoms with Gasteiger partial charge in [-0.05, 0) is 35.9 Å². The summed E-state index contributed by atoms with van der Waals surface area (Å²) in [5.74, 6) is 0.917. The van der Waals surface area contributed by atoms with Gasteiger partial charge in [0.25, 0.3) is 0 Å². The normalized spacial score (nSPS) is 12.0. The van der Waals surface area contributed by atoms with E-state index in [1.807, 2.05) is 66.7 Å². The highest BCUT2D eigenvalue weighted by Crippen LogP contribution is 2.36. The Kier molecular flexibility index (Phi) is 4.54. The first-order chi connectivity index (χ1) is 12.7. The number of nitrogens with zero attached hydrogens (tertiary/aromatic N) is 2. The Balaban J connectivity index is 1.84. The van der Waals surface area contributed by atoms with Gasteiger partial charge in [-0.25, -0.2) is 4.98 Å². The van der Waals surface area contributed by atoms with Gasteiger partial charge in [-0.2, -0.15) is 0 Å². The minimum absolute atomic E-state index is 0.180. The highest BCUT2D eigenvalue weighted by Gasteiger charge is 2.20. The minimum atomic E-state index is -0.260. The molecule has 5 heteroatoms. The van der Waals surface area contributed by atoms with Crippen LogP contribution in [0.1, 0.15) is 17.2 Å². The third-order valence-corrected chi connectivity index (χ3v) is 4.78. The molecule has 4 aromatic rings. The van der Waals surface area contributed by atoms with Crippen LogP contribution in [0, 0.1) is 0 Å². The van der Waals surface area contributed by atoms with E-state index in [2.05, 4.69) is 31.2 Å². The smallest absolute Gasteiger partial charge is 0.147 e. The molecule has 26 heavy (non-hydrogen) atoms. The fourth-order valence-electron chi connectivity index (χ4n) is 2.97. The third kappa shape index (κ3) is 3.26. The summed E-state index contributed by atoms with van der Waals surface area (Å²) in [7, 11) is 0. The number of nitrogens with one attached hydrogen (secondary N) is 1. The molecule has 0 aliphatic carbocycles. The van der Waals surface area contributed by atoms with Crippen LogP contribution in [-0.2, 0) is 0 Å². The van der Waals surface area contributed by atoms with Crippen molar-refractivity contribution < 1.29 is 5.11 Å². The maximum atomic E-state index is 10.9. The number of anilines is 1. The van der Waals surface area contributed by atoms with Crippen molar-refractivity contribution in [3.05, 3.63) is 94.7 Å². The van der Waals surface area contributed by atoms with Crippen LogP contribution in [0.15, 0.2) is 83.6 Å². The van der Waals surface area contributed by atoms with Crippen molar-refractivity contribution in [2.75, 3.05) is 5.32 Å². The summed E-state index contributed by atoms with van der Waals surface area (Å²) in [6, 6.07) is 21.2. The van der Waals surface area contributed by atoms with Crippen molar-refractivity contribution in [3.63, 3.8) is 0 Å². The highest BCUT2D eigenvalue weighted by molar-refractivity contribution is 9.10. The van der Waals surface area contributed by atoms with Crippen LogP contribution in [0.5, 0.6) is 5.75 Å². The Morgan fingerprint density at radius 1 is 0.846 bits per heavy atom. The van der Waals surface area contributed by atoms with Gasteiger partial charge in [-0.1, -0.05) is 52.3 Å². The number of phenols is 1. The maximum Gasteiger partial charge on any atom is 0.147 e. The van der Waals surface area contributed by atoms with Gasteiger partial charge in [-0.3, -0.25) is 4.98 Å². The average Bonchev–Trinajstić information content (AvgIpc) is 2.69. The number of fused-ring (bicyclic) bond motifs is 1. The predicted octanol–water partition coefficient (Wildman–Crippen LogP) is 5.30. The molecule has 2 aromatic carbocycles. The molecular formula is C21H16BrN3O. The summed E-state index contributed by atoms with van der Waals surface area (Å²) in [5.41, 5.74) is 2.36. The van der Waals surface area contributed by atoms with Crippen LogP contribution < -0.4 is 5.32 Å². The lowest BCUT2D eigenvalue weighted by molar-refractivity contribution is 0.471. The number of pyridine rings is 2. The zero-order valence-corrected chi connectivity index (χ0v) is 15.4. The summed E-state index contributed by atoms with van der Waals surface area (Å²) < 4.78 is 1.00. The Morgan fingerprint density at radius 3 is 2.42 bits per heavy atom. The second-order valence-electron chi connectivity index (χ2n) is 5.92. The van der Waals surface area contributed by atoms with E-state index in [1.54, 1.807) is 12.4 Å². The molecule has 0 saturated heterocycles. The van der Waals surface area contributed by atoms with Crippen molar-refractivity contribution in [1.29, 1.82) is 0 Å². The second-order valence-corrected chi connectivity index (χ2v) is 6.84. The van der Waals surface area contributed by atoms with E-state index >= 15 is 0 Å². The molecule has 1 atom stereocenters. The first-order valence-corrected chi connectivity index (χ1v) is 9.01. The van der Waals surface area contributed by atoms with E-state index in [0.29, 0.717) is 5.52 Å². The summed E-state index contributed by atoms with van der Waals surface area (Å²) in [6.07, 6.45) is 3.43.